The Labute approximate surface area is 183 Å². The first-order chi connectivity index (χ1) is 14.1. The van der Waals surface area contributed by atoms with Gasteiger partial charge < -0.3 is 19.5 Å². The van der Waals surface area contributed by atoms with Gasteiger partial charge in [-0.05, 0) is 44.5 Å². The van der Waals surface area contributed by atoms with E-state index in [1.165, 1.54) is 6.07 Å². The van der Waals surface area contributed by atoms with Crippen molar-refractivity contribution >= 4 is 33.8 Å². The summed E-state index contributed by atoms with van der Waals surface area (Å²) in [6.07, 6.45) is -0.909. The second kappa shape index (κ2) is 10.2. The van der Waals surface area contributed by atoms with E-state index >= 15 is 0 Å². The smallest absolute Gasteiger partial charge is 0.408 e. The van der Waals surface area contributed by atoms with Crippen molar-refractivity contribution < 1.29 is 28.6 Å². The van der Waals surface area contributed by atoms with Crippen molar-refractivity contribution in [3.8, 4) is 5.75 Å². The van der Waals surface area contributed by atoms with E-state index in [2.05, 4.69) is 21.2 Å². The number of Topliss-reactive ketones (excluding diaryl/α,β-unsaturated/α-hetero) is 1. The highest BCUT2D eigenvalue weighted by Gasteiger charge is 2.33. The molecule has 0 radical (unpaired) electrons. The first kappa shape index (κ1) is 23.4. The Morgan fingerprint density at radius 2 is 1.73 bits per heavy atom. The predicted octanol–water partition coefficient (Wildman–Crippen LogP) is 4.28. The minimum atomic E-state index is -1.58. The van der Waals surface area contributed by atoms with Crippen LogP contribution in [0.2, 0.25) is 0 Å². The van der Waals surface area contributed by atoms with Crippen molar-refractivity contribution in [1.29, 1.82) is 0 Å². The molecule has 0 aliphatic heterocycles. The van der Waals surface area contributed by atoms with Crippen LogP contribution in [0.15, 0.2) is 53.0 Å². The highest BCUT2D eigenvalue weighted by atomic mass is 79.9. The number of ether oxygens (including phenoxy) is 3. The van der Waals surface area contributed by atoms with Crippen molar-refractivity contribution in [1.82, 2.24) is 5.32 Å². The third-order valence-corrected chi connectivity index (χ3v) is 4.30. The van der Waals surface area contributed by atoms with E-state index in [0.717, 1.165) is 12.7 Å². The van der Waals surface area contributed by atoms with Crippen molar-refractivity contribution in [2.45, 2.75) is 39.0 Å². The second-order valence-corrected chi connectivity index (χ2v) is 8.30. The minimum absolute atomic E-state index is 0.117. The van der Waals surface area contributed by atoms with Gasteiger partial charge in [-0.2, -0.15) is 0 Å². The fourth-order valence-corrected chi connectivity index (χ4v) is 2.85. The number of halogens is 1. The molecule has 1 N–H and O–H groups in total. The summed E-state index contributed by atoms with van der Waals surface area (Å²) in [6, 6.07) is 12.7. The molecule has 0 saturated heterocycles. The van der Waals surface area contributed by atoms with Crippen molar-refractivity contribution in [3.05, 3.63) is 64.1 Å². The van der Waals surface area contributed by atoms with Crippen molar-refractivity contribution in [3.63, 3.8) is 0 Å². The number of hydrogen-bond acceptors (Lipinski definition) is 6. The molecule has 2 aromatic carbocycles. The van der Waals surface area contributed by atoms with Gasteiger partial charge in [0.25, 0.3) is 0 Å². The molecule has 8 heteroatoms. The number of esters is 1. The molecule has 1 amide bonds. The summed E-state index contributed by atoms with van der Waals surface area (Å²) in [5, 5.41) is 2.29. The van der Waals surface area contributed by atoms with Gasteiger partial charge in [-0.25, -0.2) is 9.59 Å². The zero-order valence-electron chi connectivity index (χ0n) is 17.2. The number of ketones is 1. The average Bonchev–Trinajstić information content (AvgIpc) is 2.69. The van der Waals surface area contributed by atoms with Gasteiger partial charge in [-0.1, -0.05) is 46.3 Å². The Balaban J connectivity index is 2.28. The number of methoxy groups -OCH3 is 1. The Bertz CT molecular complexity index is 908. The van der Waals surface area contributed by atoms with Gasteiger partial charge >= 0.3 is 12.1 Å². The SMILES string of the molecule is COC(=O)[C@@H](NC(=O)OC(C)(C)C)C(=O)c1cc(Br)ccc1OCc1ccccc1. The molecule has 0 aliphatic carbocycles. The van der Waals surface area contributed by atoms with E-state index in [1.807, 2.05) is 30.3 Å². The van der Waals surface area contributed by atoms with Crippen LogP contribution >= 0.6 is 15.9 Å². The highest BCUT2D eigenvalue weighted by Crippen LogP contribution is 2.26. The summed E-state index contributed by atoms with van der Waals surface area (Å²) >= 11 is 3.32. The molecule has 0 aromatic heterocycles. The van der Waals surface area contributed by atoms with Crippen LogP contribution in [0.25, 0.3) is 0 Å². The van der Waals surface area contributed by atoms with Gasteiger partial charge in [-0.3, -0.25) is 4.79 Å². The van der Waals surface area contributed by atoms with E-state index in [-0.39, 0.29) is 17.9 Å². The van der Waals surface area contributed by atoms with Gasteiger partial charge in [0.1, 0.15) is 18.0 Å². The Kier molecular flexibility index (Phi) is 8.00. The topological polar surface area (TPSA) is 90.9 Å². The monoisotopic (exact) mass is 477 g/mol. The summed E-state index contributed by atoms with van der Waals surface area (Å²) in [5.74, 6) is -1.33. The average molecular weight is 478 g/mol. The van der Waals surface area contributed by atoms with Crippen molar-refractivity contribution in [2.75, 3.05) is 7.11 Å². The molecule has 1 atom stereocenters. The largest absolute Gasteiger partial charge is 0.488 e. The molecule has 0 bridgehead atoms. The van der Waals surface area contributed by atoms with Gasteiger partial charge in [0.2, 0.25) is 5.78 Å². The third kappa shape index (κ3) is 6.88. The van der Waals surface area contributed by atoms with Gasteiger partial charge in [0.15, 0.2) is 6.04 Å². The standard InChI is InChI=1S/C22H24BrNO6/c1-22(2,3)30-21(27)24-18(20(26)28-4)19(25)16-12-15(23)10-11-17(16)29-13-14-8-6-5-7-9-14/h5-12,18H,13H2,1-4H3,(H,24,27)/t18-/m0/s1. The normalized spacial score (nSPS) is 11.9. The van der Waals surface area contributed by atoms with Crippen LogP contribution in [0, 0.1) is 0 Å². The maximum Gasteiger partial charge on any atom is 0.408 e. The van der Waals surface area contributed by atoms with Gasteiger partial charge in [0.05, 0.1) is 12.7 Å². The van der Waals surface area contributed by atoms with Gasteiger partial charge in [-0.15, -0.1) is 0 Å². The third-order valence-electron chi connectivity index (χ3n) is 3.80. The molecule has 0 heterocycles. The lowest BCUT2D eigenvalue weighted by atomic mass is 10.0. The van der Waals surface area contributed by atoms with Crippen LogP contribution in [-0.2, 0) is 20.9 Å². The quantitative estimate of drug-likeness (QED) is 0.363. The van der Waals surface area contributed by atoms with Crippen LogP contribution in [0.5, 0.6) is 5.75 Å². The maximum absolute atomic E-state index is 13.2. The molecule has 7 nitrogen and oxygen atoms in total. The van der Waals surface area contributed by atoms with E-state index in [4.69, 9.17) is 14.2 Å². The number of nitrogens with one attached hydrogen (secondary N) is 1. The Morgan fingerprint density at radius 1 is 1.07 bits per heavy atom. The molecule has 160 valence electrons. The molecule has 2 rings (SSSR count). The number of carbonyl (C=O) groups is 3. The molecular weight excluding hydrogens is 454 g/mol. The molecule has 0 aliphatic rings. The van der Waals surface area contributed by atoms with Crippen LogP contribution in [-0.4, -0.2) is 36.6 Å². The van der Waals surface area contributed by atoms with E-state index in [1.54, 1.807) is 32.9 Å². The Morgan fingerprint density at radius 3 is 2.33 bits per heavy atom. The first-order valence-electron chi connectivity index (χ1n) is 9.18. The predicted molar refractivity (Wildman–Crippen MR) is 114 cm³/mol. The maximum atomic E-state index is 13.2. The minimum Gasteiger partial charge on any atom is -0.488 e. The number of carbonyl (C=O) groups excluding carboxylic acids is 3. The lowest BCUT2D eigenvalue weighted by Gasteiger charge is -2.22. The van der Waals surface area contributed by atoms with Gasteiger partial charge in [0, 0.05) is 4.47 Å². The van der Waals surface area contributed by atoms with Crippen LogP contribution in [0.4, 0.5) is 4.79 Å². The summed E-state index contributed by atoms with van der Waals surface area (Å²) < 4.78 is 16.3. The molecule has 2 aromatic rings. The summed E-state index contributed by atoms with van der Waals surface area (Å²) in [4.78, 5) is 37.6. The number of alkyl carbamates (subject to hydrolysis) is 1. The fraction of sp³-hybridized carbons (Fsp3) is 0.318. The lowest BCUT2D eigenvalue weighted by molar-refractivity contribution is -0.141. The number of amides is 1. The molecule has 0 saturated carbocycles. The lowest BCUT2D eigenvalue weighted by Crippen LogP contribution is -2.48. The Hall–Kier alpha value is -2.87. The van der Waals surface area contributed by atoms with Crippen LogP contribution < -0.4 is 10.1 Å². The van der Waals surface area contributed by atoms with E-state index in [0.29, 0.717) is 4.47 Å². The zero-order chi connectivity index (χ0) is 22.3. The molecule has 30 heavy (non-hydrogen) atoms. The molecule has 0 unspecified atom stereocenters. The molecule has 0 fully saturated rings. The van der Waals surface area contributed by atoms with E-state index in [9.17, 15) is 14.4 Å². The first-order valence-corrected chi connectivity index (χ1v) is 9.98. The molecular formula is C22H24BrNO6. The van der Waals surface area contributed by atoms with E-state index < -0.39 is 29.5 Å². The summed E-state index contributed by atoms with van der Waals surface area (Å²) in [6.45, 7) is 5.24. The second-order valence-electron chi connectivity index (χ2n) is 7.38. The van der Waals surface area contributed by atoms with Crippen LogP contribution in [0.3, 0.4) is 0 Å². The fourth-order valence-electron chi connectivity index (χ4n) is 2.49. The highest BCUT2D eigenvalue weighted by molar-refractivity contribution is 9.10. The number of hydrogen-bond donors (Lipinski definition) is 1. The number of rotatable bonds is 7. The van der Waals surface area contributed by atoms with Crippen LogP contribution in [0.1, 0.15) is 36.7 Å². The number of benzene rings is 2. The summed E-state index contributed by atoms with van der Waals surface area (Å²) in [5.41, 5.74) is 0.232. The van der Waals surface area contributed by atoms with Crippen molar-refractivity contribution in [2.24, 2.45) is 0 Å². The molecule has 0 spiro atoms. The summed E-state index contributed by atoms with van der Waals surface area (Å²) in [7, 11) is 1.13. The zero-order valence-corrected chi connectivity index (χ0v) is 18.8.